The van der Waals surface area contributed by atoms with E-state index in [1.165, 1.54) is 4.57 Å². The number of rotatable bonds is 3. The lowest BCUT2D eigenvalue weighted by atomic mass is 10.1. The van der Waals surface area contributed by atoms with Crippen molar-refractivity contribution >= 4 is 22.4 Å². The Labute approximate surface area is 132 Å². The second kappa shape index (κ2) is 5.92. The number of benzene rings is 1. The van der Waals surface area contributed by atoms with E-state index in [1.807, 2.05) is 0 Å². The zero-order valence-electron chi connectivity index (χ0n) is 12.7. The lowest BCUT2D eigenvalue weighted by Gasteiger charge is -2.11. The summed E-state index contributed by atoms with van der Waals surface area (Å²) < 4.78 is 6.51. The number of carbonyl (C=O) groups excluding carboxylic acids is 1. The molecule has 0 spiro atoms. The van der Waals surface area contributed by atoms with Crippen LogP contribution in [-0.2, 0) is 7.05 Å². The molecule has 1 amide bonds. The molecule has 3 aromatic rings. The minimum Gasteiger partial charge on any atom is -0.497 e. The van der Waals surface area contributed by atoms with Crippen LogP contribution in [0.5, 0.6) is 5.75 Å². The molecule has 2 aromatic heterocycles. The van der Waals surface area contributed by atoms with Crippen LogP contribution >= 0.6 is 0 Å². The summed E-state index contributed by atoms with van der Waals surface area (Å²) in [5, 5.41) is 3.95. The topological polar surface area (TPSA) is 73.2 Å². The van der Waals surface area contributed by atoms with E-state index in [-0.39, 0.29) is 17.2 Å². The van der Waals surface area contributed by atoms with Gasteiger partial charge < -0.3 is 14.6 Å². The van der Waals surface area contributed by atoms with Crippen molar-refractivity contribution in [3.05, 3.63) is 64.8 Å². The number of aromatic nitrogens is 2. The van der Waals surface area contributed by atoms with Crippen molar-refractivity contribution in [2.24, 2.45) is 7.05 Å². The van der Waals surface area contributed by atoms with Gasteiger partial charge in [0.25, 0.3) is 11.5 Å². The zero-order chi connectivity index (χ0) is 16.4. The highest BCUT2D eigenvalue weighted by atomic mass is 16.5. The Kier molecular flexibility index (Phi) is 3.80. The summed E-state index contributed by atoms with van der Waals surface area (Å²) >= 11 is 0. The van der Waals surface area contributed by atoms with Crippen molar-refractivity contribution in [3.8, 4) is 5.75 Å². The van der Waals surface area contributed by atoms with Gasteiger partial charge in [0.1, 0.15) is 11.4 Å². The molecule has 6 heteroatoms. The molecule has 0 unspecified atom stereocenters. The summed E-state index contributed by atoms with van der Waals surface area (Å²) in [7, 11) is 3.13. The summed E-state index contributed by atoms with van der Waals surface area (Å²) in [5.74, 6) is 0.270. The number of nitrogens with zero attached hydrogens (tertiary/aromatic N) is 2. The maximum atomic E-state index is 12.5. The number of anilines is 1. The molecule has 23 heavy (non-hydrogen) atoms. The third-order valence-corrected chi connectivity index (χ3v) is 3.62. The standard InChI is InChI=1S/C17H15N3O3/c1-20-15(16(21)19-12-5-7-18-8-6-12)10-11-9-13(23-2)3-4-14(11)17(20)22/h3-10H,1-2H3,(H,18,19,21). The first kappa shape index (κ1) is 14.8. The lowest BCUT2D eigenvalue weighted by molar-refractivity contribution is 0.101. The number of fused-ring (bicyclic) bond motifs is 1. The maximum Gasteiger partial charge on any atom is 0.272 e. The zero-order valence-corrected chi connectivity index (χ0v) is 12.7. The second-order valence-corrected chi connectivity index (χ2v) is 5.04. The van der Waals surface area contributed by atoms with Crippen molar-refractivity contribution < 1.29 is 9.53 Å². The average Bonchev–Trinajstić information content (AvgIpc) is 2.58. The maximum absolute atomic E-state index is 12.5. The van der Waals surface area contributed by atoms with Gasteiger partial charge in [-0.1, -0.05) is 0 Å². The molecule has 1 N–H and O–H groups in total. The van der Waals surface area contributed by atoms with Gasteiger partial charge in [0.15, 0.2) is 0 Å². The van der Waals surface area contributed by atoms with Crippen molar-refractivity contribution in [1.29, 1.82) is 0 Å². The van der Waals surface area contributed by atoms with Gasteiger partial charge in [-0.3, -0.25) is 14.6 Å². The van der Waals surface area contributed by atoms with E-state index >= 15 is 0 Å². The molecule has 0 atom stereocenters. The summed E-state index contributed by atoms with van der Waals surface area (Å²) in [6, 6.07) is 10.2. The van der Waals surface area contributed by atoms with Crippen LogP contribution in [0.3, 0.4) is 0 Å². The Bertz CT molecular complexity index is 933. The molecule has 1 aromatic carbocycles. The molecule has 0 aliphatic carbocycles. The normalized spacial score (nSPS) is 10.5. The van der Waals surface area contributed by atoms with Gasteiger partial charge in [0.05, 0.1) is 7.11 Å². The van der Waals surface area contributed by atoms with Crippen LogP contribution < -0.4 is 15.6 Å². The van der Waals surface area contributed by atoms with Gasteiger partial charge in [-0.15, -0.1) is 0 Å². The Morgan fingerprint density at radius 2 is 1.91 bits per heavy atom. The summed E-state index contributed by atoms with van der Waals surface area (Å²) in [6.07, 6.45) is 3.17. The van der Waals surface area contributed by atoms with E-state index in [0.717, 1.165) is 0 Å². The summed E-state index contributed by atoms with van der Waals surface area (Å²) in [4.78, 5) is 28.8. The van der Waals surface area contributed by atoms with Gasteiger partial charge in [-0.2, -0.15) is 0 Å². The minimum atomic E-state index is -0.361. The molecule has 0 aliphatic heterocycles. The molecule has 0 fully saturated rings. The van der Waals surface area contributed by atoms with Crippen LogP contribution in [0.1, 0.15) is 10.5 Å². The molecule has 0 saturated carbocycles. The van der Waals surface area contributed by atoms with E-state index in [4.69, 9.17) is 4.74 Å². The Hall–Kier alpha value is -3.15. The van der Waals surface area contributed by atoms with Gasteiger partial charge in [0.2, 0.25) is 0 Å². The molecule has 6 nitrogen and oxygen atoms in total. The van der Waals surface area contributed by atoms with E-state index in [1.54, 1.807) is 62.9 Å². The predicted molar refractivity (Wildman–Crippen MR) is 87.9 cm³/mol. The first-order valence-corrected chi connectivity index (χ1v) is 6.99. The quantitative estimate of drug-likeness (QED) is 0.805. The molecule has 0 radical (unpaired) electrons. The number of nitrogens with one attached hydrogen (secondary N) is 1. The van der Waals surface area contributed by atoms with Crippen LogP contribution in [0.15, 0.2) is 53.6 Å². The molecule has 0 saturated heterocycles. The van der Waals surface area contributed by atoms with Crippen LogP contribution in [0.25, 0.3) is 10.8 Å². The van der Waals surface area contributed by atoms with Crippen LogP contribution in [-0.4, -0.2) is 22.6 Å². The monoisotopic (exact) mass is 309 g/mol. The smallest absolute Gasteiger partial charge is 0.272 e. The highest BCUT2D eigenvalue weighted by molar-refractivity contribution is 6.05. The number of hydrogen-bond acceptors (Lipinski definition) is 4. The average molecular weight is 309 g/mol. The third kappa shape index (κ3) is 2.78. The first-order valence-electron chi connectivity index (χ1n) is 6.99. The van der Waals surface area contributed by atoms with Crippen molar-refractivity contribution in [2.75, 3.05) is 12.4 Å². The van der Waals surface area contributed by atoms with E-state index < -0.39 is 0 Å². The first-order chi connectivity index (χ1) is 11.1. The summed E-state index contributed by atoms with van der Waals surface area (Å²) in [5.41, 5.74) is 0.654. The van der Waals surface area contributed by atoms with Crippen molar-refractivity contribution in [2.45, 2.75) is 0 Å². The van der Waals surface area contributed by atoms with Crippen LogP contribution in [0.2, 0.25) is 0 Å². The summed E-state index contributed by atoms with van der Waals surface area (Å²) in [6.45, 7) is 0. The van der Waals surface area contributed by atoms with Gasteiger partial charge in [-0.05, 0) is 41.8 Å². The molecular formula is C17H15N3O3. The van der Waals surface area contributed by atoms with E-state index in [2.05, 4.69) is 10.3 Å². The third-order valence-electron chi connectivity index (χ3n) is 3.62. The molecule has 2 heterocycles. The minimum absolute atomic E-state index is 0.231. The SMILES string of the molecule is COc1ccc2c(=O)n(C)c(C(=O)Nc3ccncc3)cc2c1. The van der Waals surface area contributed by atoms with Gasteiger partial charge in [0, 0.05) is 30.5 Å². The molecule has 116 valence electrons. The van der Waals surface area contributed by atoms with Crippen LogP contribution in [0.4, 0.5) is 5.69 Å². The molecule has 3 rings (SSSR count). The molecular weight excluding hydrogens is 294 g/mol. The molecule has 0 aliphatic rings. The second-order valence-electron chi connectivity index (χ2n) is 5.04. The van der Waals surface area contributed by atoms with Crippen LogP contribution in [0, 0.1) is 0 Å². The predicted octanol–water partition coefficient (Wildman–Crippen LogP) is 2.19. The van der Waals surface area contributed by atoms with Crippen molar-refractivity contribution in [1.82, 2.24) is 9.55 Å². The number of pyridine rings is 2. The number of amides is 1. The highest BCUT2D eigenvalue weighted by Crippen LogP contribution is 2.19. The number of ether oxygens (including phenoxy) is 1. The highest BCUT2D eigenvalue weighted by Gasteiger charge is 2.14. The van der Waals surface area contributed by atoms with Crippen molar-refractivity contribution in [3.63, 3.8) is 0 Å². The number of hydrogen-bond donors (Lipinski definition) is 1. The number of methoxy groups -OCH3 is 1. The fourth-order valence-electron chi connectivity index (χ4n) is 2.36. The largest absolute Gasteiger partial charge is 0.497 e. The van der Waals surface area contributed by atoms with E-state index in [0.29, 0.717) is 22.2 Å². The number of carbonyl (C=O) groups is 1. The Morgan fingerprint density at radius 3 is 2.61 bits per heavy atom. The molecule has 0 bridgehead atoms. The Balaban J connectivity index is 2.08. The van der Waals surface area contributed by atoms with E-state index in [9.17, 15) is 9.59 Å². The fraction of sp³-hybridized carbons (Fsp3) is 0.118. The lowest BCUT2D eigenvalue weighted by Crippen LogP contribution is -2.26. The van der Waals surface area contributed by atoms with Gasteiger partial charge >= 0.3 is 0 Å². The van der Waals surface area contributed by atoms with Gasteiger partial charge in [-0.25, -0.2) is 0 Å². The fourth-order valence-corrected chi connectivity index (χ4v) is 2.36. The Morgan fingerprint density at radius 1 is 1.17 bits per heavy atom.